The third kappa shape index (κ3) is 1.85. The maximum absolute atomic E-state index is 6.31. The molecular formula is C15H13N3. The second kappa shape index (κ2) is 4.55. The van der Waals surface area contributed by atoms with Gasteiger partial charge in [-0.3, -0.25) is 9.97 Å². The van der Waals surface area contributed by atoms with Gasteiger partial charge in [-0.1, -0.05) is 24.3 Å². The highest BCUT2D eigenvalue weighted by Crippen LogP contribution is 2.25. The lowest BCUT2D eigenvalue weighted by atomic mass is 9.98. The van der Waals surface area contributed by atoms with Gasteiger partial charge in [-0.05, 0) is 29.3 Å². The molecule has 0 aliphatic rings. The van der Waals surface area contributed by atoms with Crippen LogP contribution in [0.4, 0.5) is 0 Å². The highest BCUT2D eigenvalue weighted by atomic mass is 14.7. The van der Waals surface area contributed by atoms with E-state index in [2.05, 4.69) is 9.97 Å². The van der Waals surface area contributed by atoms with Gasteiger partial charge in [-0.2, -0.15) is 0 Å². The molecule has 2 aromatic heterocycles. The minimum Gasteiger partial charge on any atom is -0.320 e. The van der Waals surface area contributed by atoms with Gasteiger partial charge in [-0.25, -0.2) is 0 Å². The summed E-state index contributed by atoms with van der Waals surface area (Å²) < 4.78 is 0. The van der Waals surface area contributed by atoms with E-state index in [-0.39, 0.29) is 6.04 Å². The van der Waals surface area contributed by atoms with E-state index in [1.165, 1.54) is 0 Å². The van der Waals surface area contributed by atoms with Crippen LogP contribution in [-0.4, -0.2) is 9.97 Å². The van der Waals surface area contributed by atoms with Crippen molar-refractivity contribution in [2.45, 2.75) is 6.04 Å². The second-order valence-corrected chi connectivity index (χ2v) is 4.18. The molecule has 0 saturated carbocycles. The number of nitrogens with two attached hydrogens (primary N) is 1. The first kappa shape index (κ1) is 10.9. The van der Waals surface area contributed by atoms with Crippen LogP contribution in [0.1, 0.15) is 17.2 Å². The highest BCUT2D eigenvalue weighted by Gasteiger charge is 2.12. The fourth-order valence-electron chi connectivity index (χ4n) is 2.13. The molecule has 3 heteroatoms. The Morgan fingerprint density at radius 1 is 0.889 bits per heavy atom. The monoisotopic (exact) mass is 235 g/mol. The van der Waals surface area contributed by atoms with E-state index in [0.29, 0.717) is 0 Å². The molecule has 2 heterocycles. The number of benzene rings is 1. The largest absolute Gasteiger partial charge is 0.320 e. The maximum atomic E-state index is 6.31. The first-order valence-electron chi connectivity index (χ1n) is 5.85. The second-order valence-electron chi connectivity index (χ2n) is 4.18. The predicted octanol–water partition coefficient (Wildman–Crippen LogP) is 2.68. The molecule has 3 rings (SSSR count). The van der Waals surface area contributed by atoms with Crippen molar-refractivity contribution in [2.75, 3.05) is 0 Å². The number of para-hydroxylation sites is 1. The third-order valence-corrected chi connectivity index (χ3v) is 3.06. The average molecular weight is 235 g/mol. The summed E-state index contributed by atoms with van der Waals surface area (Å²) in [6.45, 7) is 0. The van der Waals surface area contributed by atoms with Gasteiger partial charge in [0, 0.05) is 24.0 Å². The average Bonchev–Trinajstić information content (AvgIpc) is 2.47. The summed E-state index contributed by atoms with van der Waals surface area (Å²) in [7, 11) is 0. The van der Waals surface area contributed by atoms with Gasteiger partial charge in [0.1, 0.15) is 0 Å². The van der Waals surface area contributed by atoms with Crippen molar-refractivity contribution >= 4 is 10.9 Å². The van der Waals surface area contributed by atoms with Gasteiger partial charge in [0.25, 0.3) is 0 Å². The van der Waals surface area contributed by atoms with Gasteiger partial charge in [-0.15, -0.1) is 0 Å². The van der Waals surface area contributed by atoms with Crippen LogP contribution in [0.5, 0.6) is 0 Å². The molecule has 3 aromatic rings. The van der Waals surface area contributed by atoms with Crippen molar-refractivity contribution in [2.24, 2.45) is 5.73 Å². The van der Waals surface area contributed by atoms with Crippen LogP contribution in [0.2, 0.25) is 0 Å². The van der Waals surface area contributed by atoms with Crippen molar-refractivity contribution in [3.63, 3.8) is 0 Å². The van der Waals surface area contributed by atoms with Crippen LogP contribution in [0.15, 0.2) is 61.1 Å². The lowest BCUT2D eigenvalue weighted by Gasteiger charge is -2.14. The molecule has 0 bridgehead atoms. The molecule has 18 heavy (non-hydrogen) atoms. The minimum absolute atomic E-state index is 0.174. The molecule has 0 aliphatic carbocycles. The Morgan fingerprint density at radius 2 is 1.67 bits per heavy atom. The van der Waals surface area contributed by atoms with Gasteiger partial charge in [0.05, 0.1) is 11.6 Å². The molecular weight excluding hydrogens is 222 g/mol. The smallest absolute Gasteiger partial charge is 0.0753 e. The van der Waals surface area contributed by atoms with Crippen LogP contribution < -0.4 is 5.73 Å². The lowest BCUT2D eigenvalue weighted by molar-refractivity contribution is 0.873. The fourth-order valence-corrected chi connectivity index (χ4v) is 2.13. The van der Waals surface area contributed by atoms with Crippen LogP contribution in [0.25, 0.3) is 10.9 Å². The van der Waals surface area contributed by atoms with E-state index in [9.17, 15) is 0 Å². The molecule has 0 saturated heterocycles. The van der Waals surface area contributed by atoms with E-state index < -0.39 is 0 Å². The zero-order valence-electron chi connectivity index (χ0n) is 9.82. The first-order valence-corrected chi connectivity index (χ1v) is 5.85. The molecule has 3 nitrogen and oxygen atoms in total. The topological polar surface area (TPSA) is 51.8 Å². The summed E-state index contributed by atoms with van der Waals surface area (Å²) >= 11 is 0. The number of hydrogen-bond acceptors (Lipinski definition) is 3. The van der Waals surface area contributed by atoms with E-state index in [0.717, 1.165) is 22.0 Å². The fraction of sp³-hybridized carbons (Fsp3) is 0.0667. The van der Waals surface area contributed by atoms with Gasteiger partial charge in [0.2, 0.25) is 0 Å². The molecule has 2 N–H and O–H groups in total. The quantitative estimate of drug-likeness (QED) is 0.743. The van der Waals surface area contributed by atoms with Gasteiger partial charge in [0.15, 0.2) is 0 Å². The SMILES string of the molecule is NC(c1ccncc1)c1cccc2cccnc12. The normalized spacial score (nSPS) is 12.5. The number of aromatic nitrogens is 2. The Labute approximate surface area is 105 Å². The Morgan fingerprint density at radius 3 is 2.50 bits per heavy atom. The predicted molar refractivity (Wildman–Crippen MR) is 72.0 cm³/mol. The number of hydrogen-bond donors (Lipinski definition) is 1. The summed E-state index contributed by atoms with van der Waals surface area (Å²) in [6, 6.07) is 13.8. The molecule has 1 aromatic carbocycles. The lowest BCUT2D eigenvalue weighted by Crippen LogP contribution is -2.12. The van der Waals surface area contributed by atoms with Crippen molar-refractivity contribution in [3.05, 3.63) is 72.2 Å². The Kier molecular flexibility index (Phi) is 2.74. The van der Waals surface area contributed by atoms with E-state index in [4.69, 9.17) is 5.73 Å². The number of rotatable bonds is 2. The number of pyridine rings is 2. The Bertz CT molecular complexity index is 659. The van der Waals surface area contributed by atoms with E-state index in [1.807, 2.05) is 42.5 Å². The van der Waals surface area contributed by atoms with Crippen LogP contribution >= 0.6 is 0 Å². The Balaban J connectivity index is 2.15. The summed E-state index contributed by atoms with van der Waals surface area (Å²) in [5.41, 5.74) is 9.36. The minimum atomic E-state index is -0.174. The molecule has 0 aliphatic heterocycles. The highest BCUT2D eigenvalue weighted by molar-refractivity contribution is 5.82. The van der Waals surface area contributed by atoms with Crippen LogP contribution in [-0.2, 0) is 0 Å². The molecule has 0 spiro atoms. The molecule has 0 amide bonds. The summed E-state index contributed by atoms with van der Waals surface area (Å²) in [5.74, 6) is 0. The van der Waals surface area contributed by atoms with Gasteiger partial charge >= 0.3 is 0 Å². The first-order chi connectivity index (χ1) is 8.86. The summed E-state index contributed by atoms with van der Waals surface area (Å²) in [4.78, 5) is 8.44. The maximum Gasteiger partial charge on any atom is 0.0753 e. The van der Waals surface area contributed by atoms with E-state index >= 15 is 0 Å². The summed E-state index contributed by atoms with van der Waals surface area (Å²) in [6.07, 6.45) is 5.31. The van der Waals surface area contributed by atoms with Crippen molar-refractivity contribution in [1.29, 1.82) is 0 Å². The molecule has 0 fully saturated rings. The van der Waals surface area contributed by atoms with Crippen LogP contribution in [0.3, 0.4) is 0 Å². The molecule has 1 unspecified atom stereocenters. The zero-order chi connectivity index (χ0) is 12.4. The standard InChI is InChI=1S/C15H13N3/c16-14(11-6-9-17-10-7-11)13-5-1-3-12-4-2-8-18-15(12)13/h1-10,14H,16H2. The summed E-state index contributed by atoms with van der Waals surface area (Å²) in [5, 5.41) is 1.11. The van der Waals surface area contributed by atoms with E-state index in [1.54, 1.807) is 18.6 Å². The molecule has 0 radical (unpaired) electrons. The Hall–Kier alpha value is -2.26. The molecule has 88 valence electrons. The third-order valence-electron chi connectivity index (χ3n) is 3.06. The number of fused-ring (bicyclic) bond motifs is 1. The molecule has 1 atom stereocenters. The van der Waals surface area contributed by atoms with Crippen molar-refractivity contribution in [1.82, 2.24) is 9.97 Å². The van der Waals surface area contributed by atoms with Crippen molar-refractivity contribution in [3.8, 4) is 0 Å². The van der Waals surface area contributed by atoms with Gasteiger partial charge < -0.3 is 5.73 Å². The number of nitrogens with zero attached hydrogens (tertiary/aromatic N) is 2. The van der Waals surface area contributed by atoms with Crippen LogP contribution in [0, 0.1) is 0 Å². The zero-order valence-corrected chi connectivity index (χ0v) is 9.82. The van der Waals surface area contributed by atoms with Crippen molar-refractivity contribution < 1.29 is 0 Å².